The topological polar surface area (TPSA) is 50.1 Å². The van der Waals surface area contributed by atoms with Crippen molar-refractivity contribution in [2.24, 2.45) is 7.05 Å². The monoisotopic (exact) mass is 245 g/mol. The molecule has 0 bridgehead atoms. The molecule has 0 spiro atoms. The predicted molar refractivity (Wildman–Crippen MR) is 65.5 cm³/mol. The number of hydrogen-bond donors (Lipinski definition) is 2. The van der Waals surface area contributed by atoms with Gasteiger partial charge in [0, 0.05) is 13.6 Å². The molecule has 1 heterocycles. The van der Waals surface area contributed by atoms with Gasteiger partial charge in [0.15, 0.2) is 0 Å². The third kappa shape index (κ3) is 3.77. The molecular weight excluding hydrogens is 226 g/mol. The van der Waals surface area contributed by atoms with Crippen LogP contribution >= 0.6 is 11.6 Å². The Morgan fingerprint density at radius 3 is 2.81 bits per heavy atom. The highest BCUT2D eigenvalue weighted by Gasteiger charge is 2.18. The number of hydrogen-bond acceptors (Lipinski definition) is 3. The largest absolute Gasteiger partial charge is 0.389 e. The molecule has 16 heavy (non-hydrogen) atoms. The van der Waals surface area contributed by atoms with Gasteiger partial charge < -0.3 is 15.0 Å². The van der Waals surface area contributed by atoms with Crippen molar-refractivity contribution in [1.29, 1.82) is 0 Å². The molecule has 1 aromatic rings. The first-order valence-electron chi connectivity index (χ1n) is 5.55. The molecule has 1 unspecified atom stereocenters. The van der Waals surface area contributed by atoms with Crippen molar-refractivity contribution in [1.82, 2.24) is 14.9 Å². The number of aliphatic hydroxyl groups is 1. The normalized spacial score (nSPS) is 15.1. The first-order chi connectivity index (χ1) is 7.46. The van der Waals surface area contributed by atoms with Gasteiger partial charge in [0.2, 0.25) is 0 Å². The van der Waals surface area contributed by atoms with E-state index < -0.39 is 5.60 Å². The Labute approximate surface area is 102 Å². The molecule has 0 saturated heterocycles. The Hall–Kier alpha value is -0.580. The summed E-state index contributed by atoms with van der Waals surface area (Å²) in [4.78, 5) is 4.17. The van der Waals surface area contributed by atoms with Crippen LogP contribution in [-0.2, 0) is 13.6 Å². The second-order valence-corrected chi connectivity index (χ2v) is 4.79. The van der Waals surface area contributed by atoms with E-state index >= 15 is 0 Å². The highest BCUT2D eigenvalue weighted by Crippen LogP contribution is 2.11. The molecule has 1 atom stereocenters. The molecule has 0 aromatic carbocycles. The van der Waals surface area contributed by atoms with E-state index in [2.05, 4.69) is 17.2 Å². The minimum Gasteiger partial charge on any atom is -0.389 e. The zero-order valence-electron chi connectivity index (χ0n) is 10.1. The van der Waals surface area contributed by atoms with Crippen LogP contribution in [0.15, 0.2) is 6.20 Å². The summed E-state index contributed by atoms with van der Waals surface area (Å²) in [5, 5.41) is 13.8. The van der Waals surface area contributed by atoms with Crippen molar-refractivity contribution < 1.29 is 5.11 Å². The molecule has 0 fully saturated rings. The van der Waals surface area contributed by atoms with Crippen LogP contribution < -0.4 is 5.32 Å². The number of nitrogens with one attached hydrogen (secondary N) is 1. The molecule has 0 amide bonds. The Morgan fingerprint density at radius 2 is 2.31 bits per heavy atom. The summed E-state index contributed by atoms with van der Waals surface area (Å²) in [5.74, 6) is 0.872. The van der Waals surface area contributed by atoms with Crippen molar-refractivity contribution >= 4 is 11.6 Å². The molecule has 1 rings (SSSR count). The molecule has 0 radical (unpaired) electrons. The molecule has 2 N–H and O–H groups in total. The third-order valence-electron chi connectivity index (χ3n) is 2.61. The third-order valence-corrected chi connectivity index (χ3v) is 2.96. The summed E-state index contributed by atoms with van der Waals surface area (Å²) in [6, 6.07) is 0. The average Bonchev–Trinajstić information content (AvgIpc) is 2.49. The van der Waals surface area contributed by atoms with Gasteiger partial charge in [-0.15, -0.1) is 0 Å². The maximum atomic E-state index is 9.95. The number of aromatic nitrogens is 2. The lowest BCUT2D eigenvalue weighted by Crippen LogP contribution is -2.37. The number of imidazole rings is 1. The lowest BCUT2D eigenvalue weighted by molar-refractivity contribution is 0.0496. The minimum atomic E-state index is -0.649. The Balaban J connectivity index is 2.38. The van der Waals surface area contributed by atoms with Crippen molar-refractivity contribution in [2.75, 3.05) is 6.54 Å². The summed E-state index contributed by atoms with van der Waals surface area (Å²) < 4.78 is 1.82. The first-order valence-corrected chi connectivity index (χ1v) is 5.93. The zero-order chi connectivity index (χ0) is 12.2. The van der Waals surface area contributed by atoms with E-state index in [0.29, 0.717) is 18.2 Å². The highest BCUT2D eigenvalue weighted by atomic mass is 35.5. The van der Waals surface area contributed by atoms with Crippen molar-refractivity contribution in [3.63, 3.8) is 0 Å². The van der Waals surface area contributed by atoms with Gasteiger partial charge in [-0.3, -0.25) is 0 Å². The lowest BCUT2D eigenvalue weighted by Gasteiger charge is -2.22. The van der Waals surface area contributed by atoms with Crippen LogP contribution in [0.3, 0.4) is 0 Å². The van der Waals surface area contributed by atoms with E-state index in [1.807, 2.05) is 18.5 Å². The van der Waals surface area contributed by atoms with Gasteiger partial charge >= 0.3 is 0 Å². The molecule has 4 nitrogen and oxygen atoms in total. The van der Waals surface area contributed by atoms with Crippen LogP contribution in [0.4, 0.5) is 0 Å². The molecule has 5 heteroatoms. The second kappa shape index (κ2) is 5.66. The van der Waals surface area contributed by atoms with Gasteiger partial charge in [-0.1, -0.05) is 24.9 Å². The fourth-order valence-electron chi connectivity index (χ4n) is 1.66. The van der Waals surface area contributed by atoms with E-state index in [1.165, 1.54) is 0 Å². The van der Waals surface area contributed by atoms with Crippen molar-refractivity contribution in [2.45, 2.75) is 38.8 Å². The molecule has 92 valence electrons. The molecule has 0 aliphatic carbocycles. The minimum absolute atomic E-state index is 0.561. The van der Waals surface area contributed by atoms with E-state index in [1.54, 1.807) is 6.20 Å². The van der Waals surface area contributed by atoms with Crippen LogP contribution in [0.25, 0.3) is 0 Å². The fourth-order valence-corrected chi connectivity index (χ4v) is 1.81. The van der Waals surface area contributed by atoms with Crippen molar-refractivity contribution in [3.05, 3.63) is 17.2 Å². The van der Waals surface area contributed by atoms with E-state index in [4.69, 9.17) is 11.6 Å². The Bertz CT molecular complexity index is 336. The van der Waals surface area contributed by atoms with Crippen LogP contribution in [0.2, 0.25) is 5.15 Å². The van der Waals surface area contributed by atoms with E-state index in [9.17, 15) is 5.11 Å². The summed E-state index contributed by atoms with van der Waals surface area (Å²) in [7, 11) is 1.87. The summed E-state index contributed by atoms with van der Waals surface area (Å²) in [5.41, 5.74) is -0.649. The molecule has 1 aromatic heterocycles. The molecule has 0 saturated carbocycles. The Kier molecular flexibility index (Phi) is 4.77. The first kappa shape index (κ1) is 13.5. The summed E-state index contributed by atoms with van der Waals surface area (Å²) >= 11 is 5.87. The zero-order valence-corrected chi connectivity index (χ0v) is 10.9. The number of halogens is 1. The van der Waals surface area contributed by atoms with Gasteiger partial charge in [-0.2, -0.15) is 0 Å². The smallest absolute Gasteiger partial charge is 0.128 e. The number of nitrogens with zero attached hydrogens (tertiary/aromatic N) is 2. The van der Waals surface area contributed by atoms with Crippen LogP contribution in [0.5, 0.6) is 0 Å². The van der Waals surface area contributed by atoms with Crippen LogP contribution in [0.1, 0.15) is 32.5 Å². The molecule has 0 aliphatic rings. The van der Waals surface area contributed by atoms with Gasteiger partial charge in [0.1, 0.15) is 11.0 Å². The van der Waals surface area contributed by atoms with Crippen LogP contribution in [-0.4, -0.2) is 26.8 Å². The molecular formula is C11H20ClN3O. The highest BCUT2D eigenvalue weighted by molar-refractivity contribution is 6.29. The van der Waals surface area contributed by atoms with Gasteiger partial charge in [0.25, 0.3) is 0 Å². The SMILES string of the molecule is CCCC(C)(O)CNCc1ncc(Cl)n1C. The number of rotatable bonds is 6. The van der Waals surface area contributed by atoms with Gasteiger partial charge in [0.05, 0.1) is 18.3 Å². The van der Waals surface area contributed by atoms with E-state index in [0.717, 1.165) is 18.7 Å². The second-order valence-electron chi connectivity index (χ2n) is 4.41. The summed E-state index contributed by atoms with van der Waals surface area (Å²) in [6.07, 6.45) is 3.40. The maximum absolute atomic E-state index is 9.95. The van der Waals surface area contributed by atoms with Gasteiger partial charge in [-0.25, -0.2) is 4.98 Å². The molecule has 0 aliphatic heterocycles. The average molecular weight is 246 g/mol. The predicted octanol–water partition coefficient (Wildman–Crippen LogP) is 1.71. The van der Waals surface area contributed by atoms with Gasteiger partial charge in [-0.05, 0) is 13.3 Å². The van der Waals surface area contributed by atoms with Crippen molar-refractivity contribution in [3.8, 4) is 0 Å². The lowest BCUT2D eigenvalue weighted by atomic mass is 10.0. The quantitative estimate of drug-likeness (QED) is 0.802. The maximum Gasteiger partial charge on any atom is 0.128 e. The van der Waals surface area contributed by atoms with Crippen LogP contribution in [0, 0.1) is 0 Å². The standard InChI is InChI=1S/C11H20ClN3O/c1-4-5-11(2,16)8-13-7-10-14-6-9(12)15(10)3/h6,13,16H,4-5,7-8H2,1-3H3. The Morgan fingerprint density at radius 1 is 1.62 bits per heavy atom. The fraction of sp³-hybridized carbons (Fsp3) is 0.727. The van der Waals surface area contributed by atoms with E-state index in [-0.39, 0.29) is 0 Å². The summed E-state index contributed by atoms with van der Waals surface area (Å²) in [6.45, 7) is 5.08.